The number of aryl methyl sites for hydroxylation is 1. The lowest BCUT2D eigenvalue weighted by Gasteiger charge is -2.30. The lowest BCUT2D eigenvalue weighted by atomic mass is 10.1. The summed E-state index contributed by atoms with van der Waals surface area (Å²) in [6.45, 7) is 1.40. The summed E-state index contributed by atoms with van der Waals surface area (Å²) < 4.78 is 8.18. The number of amides is 2. The molecule has 1 aliphatic rings. The van der Waals surface area contributed by atoms with Crippen molar-refractivity contribution in [3.63, 3.8) is 0 Å². The van der Waals surface area contributed by atoms with Gasteiger partial charge < -0.3 is 15.0 Å². The standard InChI is InChI=1S/C21H20N8O3/c1-27-18(15(12-23-27)21(31)28-7-3-8-28)20(30)24-14-5-9-29-16(11-14)25-19(26-29)13-4-6-22-17(10-13)32-2/h4-6,9-12H,3,7-8H2,1-2H3,(H,24,30). The van der Waals surface area contributed by atoms with Crippen LogP contribution in [0.15, 0.2) is 42.9 Å². The average molecular weight is 432 g/mol. The second-order valence-corrected chi connectivity index (χ2v) is 7.37. The van der Waals surface area contributed by atoms with Gasteiger partial charge in [0.15, 0.2) is 11.5 Å². The van der Waals surface area contributed by atoms with E-state index in [-0.39, 0.29) is 11.6 Å². The van der Waals surface area contributed by atoms with Crippen LogP contribution in [0.5, 0.6) is 5.88 Å². The number of hydrogen-bond acceptors (Lipinski definition) is 7. The molecule has 0 unspecified atom stereocenters. The normalized spacial score (nSPS) is 13.1. The highest BCUT2D eigenvalue weighted by Crippen LogP contribution is 2.22. The minimum atomic E-state index is -0.420. The predicted molar refractivity (Wildman–Crippen MR) is 114 cm³/mol. The van der Waals surface area contributed by atoms with Crippen LogP contribution in [0.1, 0.15) is 27.3 Å². The van der Waals surface area contributed by atoms with E-state index in [2.05, 4.69) is 25.5 Å². The predicted octanol–water partition coefficient (Wildman–Crippen LogP) is 1.63. The topological polar surface area (TPSA) is 120 Å². The number of likely N-dealkylation sites (tertiary alicyclic amines) is 1. The second-order valence-electron chi connectivity index (χ2n) is 7.37. The minimum Gasteiger partial charge on any atom is -0.481 e. The molecule has 4 aromatic rings. The molecule has 1 saturated heterocycles. The molecular weight excluding hydrogens is 412 g/mol. The second kappa shape index (κ2) is 7.76. The molecule has 1 aliphatic heterocycles. The van der Waals surface area contributed by atoms with E-state index in [1.807, 2.05) is 0 Å². The molecule has 32 heavy (non-hydrogen) atoms. The summed E-state index contributed by atoms with van der Waals surface area (Å²) in [5, 5.41) is 11.4. The quantitative estimate of drug-likeness (QED) is 0.509. The number of rotatable bonds is 5. The molecule has 0 aliphatic carbocycles. The summed E-state index contributed by atoms with van der Waals surface area (Å²) in [4.78, 5) is 35.9. The largest absolute Gasteiger partial charge is 0.481 e. The monoisotopic (exact) mass is 432 g/mol. The van der Waals surface area contributed by atoms with Gasteiger partial charge in [-0.2, -0.15) is 5.10 Å². The first kappa shape index (κ1) is 19.7. The molecule has 2 amide bonds. The molecule has 0 radical (unpaired) electrons. The zero-order valence-electron chi connectivity index (χ0n) is 17.5. The Morgan fingerprint density at radius 2 is 2.03 bits per heavy atom. The van der Waals surface area contributed by atoms with Crippen LogP contribution in [0.2, 0.25) is 0 Å². The molecule has 11 nitrogen and oxygen atoms in total. The summed E-state index contributed by atoms with van der Waals surface area (Å²) in [5.41, 5.74) is 2.35. The number of nitrogens with zero attached hydrogens (tertiary/aromatic N) is 7. The van der Waals surface area contributed by atoms with E-state index in [0.29, 0.717) is 41.7 Å². The van der Waals surface area contributed by atoms with Crippen LogP contribution in [-0.4, -0.2) is 66.3 Å². The van der Waals surface area contributed by atoms with Crippen LogP contribution in [-0.2, 0) is 7.05 Å². The molecule has 0 bridgehead atoms. The smallest absolute Gasteiger partial charge is 0.274 e. The van der Waals surface area contributed by atoms with Crippen molar-refractivity contribution in [1.29, 1.82) is 0 Å². The van der Waals surface area contributed by atoms with Crippen molar-refractivity contribution in [2.45, 2.75) is 6.42 Å². The fraction of sp³-hybridized carbons (Fsp3) is 0.238. The number of methoxy groups -OCH3 is 1. The third kappa shape index (κ3) is 3.43. The summed E-state index contributed by atoms with van der Waals surface area (Å²) >= 11 is 0. The summed E-state index contributed by atoms with van der Waals surface area (Å²) in [5.74, 6) is 0.369. The van der Waals surface area contributed by atoms with Crippen LogP contribution >= 0.6 is 0 Å². The van der Waals surface area contributed by atoms with Crippen LogP contribution in [0.25, 0.3) is 17.0 Å². The molecule has 0 spiro atoms. The van der Waals surface area contributed by atoms with Crippen LogP contribution in [0.4, 0.5) is 5.69 Å². The van der Waals surface area contributed by atoms with E-state index in [4.69, 9.17) is 4.74 Å². The van der Waals surface area contributed by atoms with E-state index in [0.717, 1.165) is 12.0 Å². The number of carbonyl (C=O) groups is 2. The number of fused-ring (bicyclic) bond motifs is 1. The Hall–Kier alpha value is -4.28. The average Bonchev–Trinajstić information content (AvgIpc) is 3.35. The molecule has 0 atom stereocenters. The number of pyridine rings is 2. The van der Waals surface area contributed by atoms with Gasteiger partial charge in [-0.25, -0.2) is 14.5 Å². The van der Waals surface area contributed by atoms with Crippen molar-refractivity contribution >= 4 is 23.1 Å². The Bertz CT molecular complexity index is 1340. The van der Waals surface area contributed by atoms with Crippen LogP contribution in [0, 0.1) is 0 Å². The van der Waals surface area contributed by atoms with Gasteiger partial charge in [-0.3, -0.25) is 14.3 Å². The molecule has 5 heterocycles. The van der Waals surface area contributed by atoms with Crippen molar-refractivity contribution in [3.05, 3.63) is 54.1 Å². The van der Waals surface area contributed by atoms with Crippen molar-refractivity contribution in [3.8, 4) is 17.3 Å². The fourth-order valence-electron chi connectivity index (χ4n) is 3.49. The first-order chi connectivity index (χ1) is 15.5. The third-order valence-corrected chi connectivity index (χ3v) is 5.33. The lowest BCUT2D eigenvalue weighted by molar-refractivity contribution is 0.0648. The first-order valence-electron chi connectivity index (χ1n) is 10.0. The molecule has 5 rings (SSSR count). The number of anilines is 1. The van der Waals surface area contributed by atoms with Gasteiger partial charge in [0.1, 0.15) is 5.69 Å². The SMILES string of the molecule is COc1cc(-c2nc3cc(NC(=O)c4c(C(=O)N5CCC5)cnn4C)ccn3n2)ccn1. The zero-order chi connectivity index (χ0) is 22.2. The number of hydrogen-bond donors (Lipinski definition) is 1. The van der Waals surface area contributed by atoms with Crippen molar-refractivity contribution < 1.29 is 14.3 Å². The summed E-state index contributed by atoms with van der Waals surface area (Å²) in [6.07, 6.45) is 5.74. The Labute approximate surface area is 182 Å². The van der Waals surface area contributed by atoms with E-state index in [1.54, 1.807) is 60.2 Å². The maximum atomic E-state index is 13.0. The molecule has 162 valence electrons. The summed E-state index contributed by atoms with van der Waals surface area (Å²) in [7, 11) is 3.18. The van der Waals surface area contributed by atoms with E-state index in [1.165, 1.54) is 10.9 Å². The van der Waals surface area contributed by atoms with Crippen molar-refractivity contribution in [1.82, 2.24) is 34.3 Å². The van der Waals surface area contributed by atoms with Gasteiger partial charge in [0.25, 0.3) is 11.8 Å². The maximum absolute atomic E-state index is 13.0. The van der Waals surface area contributed by atoms with E-state index >= 15 is 0 Å². The highest BCUT2D eigenvalue weighted by molar-refractivity contribution is 6.11. The lowest BCUT2D eigenvalue weighted by Crippen LogP contribution is -2.42. The third-order valence-electron chi connectivity index (χ3n) is 5.33. The van der Waals surface area contributed by atoms with Gasteiger partial charge in [0, 0.05) is 55.9 Å². The highest BCUT2D eigenvalue weighted by Gasteiger charge is 2.28. The molecule has 0 aromatic carbocycles. The molecule has 1 fully saturated rings. The van der Waals surface area contributed by atoms with Gasteiger partial charge in [0.05, 0.1) is 18.9 Å². The number of aromatic nitrogens is 6. The van der Waals surface area contributed by atoms with Gasteiger partial charge in [-0.05, 0) is 18.6 Å². The maximum Gasteiger partial charge on any atom is 0.274 e. The number of ether oxygens (including phenoxy) is 1. The van der Waals surface area contributed by atoms with E-state index in [9.17, 15) is 9.59 Å². The Kier molecular flexibility index (Phi) is 4.77. The Balaban J connectivity index is 1.41. The molecule has 1 N–H and O–H groups in total. The molecule has 4 aromatic heterocycles. The van der Waals surface area contributed by atoms with Gasteiger partial charge >= 0.3 is 0 Å². The van der Waals surface area contributed by atoms with Gasteiger partial charge in [-0.1, -0.05) is 0 Å². The number of nitrogens with one attached hydrogen (secondary N) is 1. The van der Waals surface area contributed by atoms with Crippen molar-refractivity contribution in [2.75, 3.05) is 25.5 Å². The van der Waals surface area contributed by atoms with Crippen molar-refractivity contribution in [2.24, 2.45) is 7.05 Å². The molecule has 0 saturated carbocycles. The Morgan fingerprint density at radius 1 is 1.19 bits per heavy atom. The van der Waals surface area contributed by atoms with Crippen LogP contribution in [0.3, 0.4) is 0 Å². The van der Waals surface area contributed by atoms with E-state index < -0.39 is 5.91 Å². The highest BCUT2D eigenvalue weighted by atomic mass is 16.5. The fourth-order valence-corrected chi connectivity index (χ4v) is 3.49. The van der Waals surface area contributed by atoms with Gasteiger partial charge in [0.2, 0.25) is 5.88 Å². The summed E-state index contributed by atoms with van der Waals surface area (Å²) in [6, 6.07) is 6.96. The number of carbonyl (C=O) groups excluding carboxylic acids is 2. The first-order valence-corrected chi connectivity index (χ1v) is 10.0. The minimum absolute atomic E-state index is 0.181. The van der Waals surface area contributed by atoms with Crippen LogP contribution < -0.4 is 10.1 Å². The Morgan fingerprint density at radius 3 is 2.78 bits per heavy atom. The molecule has 11 heteroatoms. The molecular formula is C21H20N8O3. The zero-order valence-corrected chi connectivity index (χ0v) is 17.5. The van der Waals surface area contributed by atoms with Gasteiger partial charge in [-0.15, -0.1) is 5.10 Å².